The van der Waals surface area contributed by atoms with Gasteiger partial charge in [0.05, 0.1) is 4.90 Å². The molecule has 5 nitrogen and oxygen atoms in total. The summed E-state index contributed by atoms with van der Waals surface area (Å²) >= 11 is 11.6. The Bertz CT molecular complexity index is 612. The zero-order valence-corrected chi connectivity index (χ0v) is 12.7. The molecular weight excluding hydrogens is 325 g/mol. The summed E-state index contributed by atoms with van der Waals surface area (Å²) in [5.74, 6) is -1.14. The van der Waals surface area contributed by atoms with Gasteiger partial charge in [-0.25, -0.2) is 8.42 Å². The third-order valence-electron chi connectivity index (χ3n) is 3.18. The molecule has 0 bridgehead atoms. The smallest absolute Gasteiger partial charge is 0.322 e. The minimum atomic E-state index is -3.92. The van der Waals surface area contributed by atoms with E-state index in [0.717, 1.165) is 4.31 Å². The van der Waals surface area contributed by atoms with Crippen LogP contribution in [0.2, 0.25) is 10.0 Å². The number of sulfonamides is 1. The van der Waals surface area contributed by atoms with E-state index in [2.05, 4.69) is 0 Å². The molecule has 0 amide bonds. The first-order valence-electron chi connectivity index (χ1n) is 6.03. The zero-order valence-electron chi connectivity index (χ0n) is 10.4. The van der Waals surface area contributed by atoms with Gasteiger partial charge in [0, 0.05) is 16.6 Å². The highest BCUT2D eigenvalue weighted by Gasteiger charge is 2.37. The fourth-order valence-corrected chi connectivity index (χ4v) is 4.63. The molecule has 1 atom stereocenters. The summed E-state index contributed by atoms with van der Waals surface area (Å²) in [4.78, 5) is 11.1. The van der Waals surface area contributed by atoms with Crippen molar-refractivity contribution >= 4 is 39.2 Å². The van der Waals surface area contributed by atoms with Crippen molar-refractivity contribution in [1.29, 1.82) is 0 Å². The third kappa shape index (κ3) is 3.09. The molecule has 0 radical (unpaired) electrons. The second-order valence-corrected chi connectivity index (χ2v) is 7.33. The van der Waals surface area contributed by atoms with Crippen LogP contribution in [0.15, 0.2) is 23.1 Å². The number of hydrogen-bond acceptors (Lipinski definition) is 3. The minimum Gasteiger partial charge on any atom is -0.480 e. The number of rotatable bonds is 3. The molecule has 0 aliphatic carbocycles. The van der Waals surface area contributed by atoms with Crippen molar-refractivity contribution in [1.82, 2.24) is 4.31 Å². The summed E-state index contributed by atoms with van der Waals surface area (Å²) in [7, 11) is -3.92. The summed E-state index contributed by atoms with van der Waals surface area (Å²) < 4.78 is 26.1. The molecule has 1 saturated heterocycles. The van der Waals surface area contributed by atoms with E-state index in [-0.39, 0.29) is 21.5 Å². The molecule has 1 aliphatic heterocycles. The summed E-state index contributed by atoms with van der Waals surface area (Å²) in [5.41, 5.74) is 0. The fraction of sp³-hybridized carbons (Fsp3) is 0.417. The van der Waals surface area contributed by atoms with Crippen LogP contribution in [0, 0.1) is 0 Å². The predicted molar refractivity (Wildman–Crippen MR) is 75.6 cm³/mol. The van der Waals surface area contributed by atoms with Crippen LogP contribution in [-0.4, -0.2) is 36.4 Å². The molecule has 1 aromatic rings. The van der Waals surface area contributed by atoms with Crippen LogP contribution in [0.5, 0.6) is 0 Å². The Kier molecular flexibility index (Phi) is 4.59. The Morgan fingerprint density at radius 3 is 2.35 bits per heavy atom. The normalized spacial score (nSPS) is 20.8. The van der Waals surface area contributed by atoms with Gasteiger partial charge in [0.25, 0.3) is 0 Å². The van der Waals surface area contributed by atoms with Crippen molar-refractivity contribution in [3.05, 3.63) is 28.2 Å². The number of benzene rings is 1. The number of piperidine rings is 1. The largest absolute Gasteiger partial charge is 0.480 e. The van der Waals surface area contributed by atoms with Crippen LogP contribution in [0.3, 0.4) is 0 Å². The van der Waals surface area contributed by atoms with E-state index in [1.807, 2.05) is 0 Å². The number of hydrogen-bond donors (Lipinski definition) is 1. The molecule has 1 aromatic carbocycles. The highest BCUT2D eigenvalue weighted by molar-refractivity contribution is 7.89. The van der Waals surface area contributed by atoms with Crippen LogP contribution in [0.4, 0.5) is 0 Å². The second-order valence-electron chi connectivity index (χ2n) is 4.57. The molecule has 1 fully saturated rings. The molecule has 2 rings (SSSR count). The van der Waals surface area contributed by atoms with E-state index in [4.69, 9.17) is 28.3 Å². The maximum Gasteiger partial charge on any atom is 0.322 e. The van der Waals surface area contributed by atoms with Crippen LogP contribution >= 0.6 is 23.2 Å². The fourth-order valence-electron chi connectivity index (χ4n) is 2.25. The van der Waals surface area contributed by atoms with Crippen molar-refractivity contribution in [3.63, 3.8) is 0 Å². The minimum absolute atomic E-state index is 0.0804. The lowest BCUT2D eigenvalue weighted by atomic mass is 10.1. The number of carboxylic acid groups (broad SMARTS) is 1. The lowest BCUT2D eigenvalue weighted by Crippen LogP contribution is -2.47. The van der Waals surface area contributed by atoms with Gasteiger partial charge in [0.15, 0.2) is 0 Å². The van der Waals surface area contributed by atoms with Crippen LogP contribution in [-0.2, 0) is 14.8 Å². The van der Waals surface area contributed by atoms with Gasteiger partial charge in [-0.3, -0.25) is 4.79 Å². The first-order chi connectivity index (χ1) is 9.32. The van der Waals surface area contributed by atoms with E-state index in [1.165, 1.54) is 18.2 Å². The molecule has 0 spiro atoms. The third-order valence-corrected chi connectivity index (χ3v) is 5.50. The van der Waals surface area contributed by atoms with E-state index in [1.54, 1.807) is 0 Å². The van der Waals surface area contributed by atoms with Crippen LogP contribution < -0.4 is 0 Å². The zero-order chi connectivity index (χ0) is 14.9. The Hall–Kier alpha value is -0.820. The van der Waals surface area contributed by atoms with Crippen molar-refractivity contribution in [3.8, 4) is 0 Å². The maximum absolute atomic E-state index is 12.6. The lowest BCUT2D eigenvalue weighted by Gasteiger charge is -2.31. The molecule has 1 heterocycles. The topological polar surface area (TPSA) is 74.7 Å². The number of carbonyl (C=O) groups is 1. The van der Waals surface area contributed by atoms with Gasteiger partial charge in [-0.2, -0.15) is 4.31 Å². The van der Waals surface area contributed by atoms with Gasteiger partial charge in [-0.1, -0.05) is 23.2 Å². The second kappa shape index (κ2) is 5.89. The standard InChI is InChI=1S/C12H13Cl2NO4S/c13-8-5-9(14)7-10(6-8)20(18,19)15-4-2-1-3-11(15)12(16)17/h5-7,11H,1-4H2,(H,16,17)/t11-/m0/s1. The molecule has 1 aliphatic rings. The average molecular weight is 338 g/mol. The van der Waals surface area contributed by atoms with Crippen molar-refractivity contribution in [2.45, 2.75) is 30.2 Å². The van der Waals surface area contributed by atoms with Crippen molar-refractivity contribution in [2.75, 3.05) is 6.54 Å². The first kappa shape index (κ1) is 15.6. The maximum atomic E-state index is 12.6. The van der Waals surface area contributed by atoms with Crippen LogP contribution in [0.1, 0.15) is 19.3 Å². The van der Waals surface area contributed by atoms with Gasteiger partial charge in [0.1, 0.15) is 6.04 Å². The Morgan fingerprint density at radius 1 is 1.20 bits per heavy atom. The predicted octanol–water partition coefficient (Wildman–Crippen LogP) is 2.62. The molecule has 0 aromatic heterocycles. The highest BCUT2D eigenvalue weighted by Crippen LogP contribution is 2.29. The number of carboxylic acids is 1. The number of nitrogens with zero attached hydrogens (tertiary/aromatic N) is 1. The Morgan fingerprint density at radius 2 is 1.80 bits per heavy atom. The highest BCUT2D eigenvalue weighted by atomic mass is 35.5. The monoisotopic (exact) mass is 337 g/mol. The summed E-state index contributed by atoms with van der Waals surface area (Å²) in [6.07, 6.45) is 1.64. The van der Waals surface area contributed by atoms with E-state index >= 15 is 0 Å². The number of halogens is 2. The average Bonchev–Trinajstić information content (AvgIpc) is 2.37. The van der Waals surface area contributed by atoms with E-state index < -0.39 is 22.0 Å². The molecule has 110 valence electrons. The van der Waals surface area contributed by atoms with Crippen molar-refractivity contribution < 1.29 is 18.3 Å². The van der Waals surface area contributed by atoms with Gasteiger partial charge in [0.2, 0.25) is 10.0 Å². The summed E-state index contributed by atoms with van der Waals surface area (Å²) in [6.45, 7) is 0.184. The first-order valence-corrected chi connectivity index (χ1v) is 8.23. The number of aliphatic carboxylic acids is 1. The molecule has 0 saturated carbocycles. The molecule has 20 heavy (non-hydrogen) atoms. The van der Waals surface area contributed by atoms with Gasteiger partial charge < -0.3 is 5.11 Å². The van der Waals surface area contributed by atoms with Crippen LogP contribution in [0.25, 0.3) is 0 Å². The quantitative estimate of drug-likeness (QED) is 0.919. The summed E-state index contributed by atoms with van der Waals surface area (Å²) in [6, 6.07) is 2.94. The Balaban J connectivity index is 2.44. The summed E-state index contributed by atoms with van der Waals surface area (Å²) in [5, 5.41) is 9.56. The Labute approximate surface area is 127 Å². The molecule has 1 N–H and O–H groups in total. The molecular formula is C12H13Cl2NO4S. The van der Waals surface area contributed by atoms with E-state index in [0.29, 0.717) is 19.3 Å². The van der Waals surface area contributed by atoms with Gasteiger partial charge in [-0.15, -0.1) is 0 Å². The lowest BCUT2D eigenvalue weighted by molar-refractivity contribution is -0.142. The van der Waals surface area contributed by atoms with Crippen molar-refractivity contribution in [2.24, 2.45) is 0 Å². The van der Waals surface area contributed by atoms with Gasteiger partial charge in [-0.05, 0) is 37.5 Å². The molecule has 0 unspecified atom stereocenters. The SMILES string of the molecule is O=C(O)[C@@H]1CCCCN1S(=O)(=O)c1cc(Cl)cc(Cl)c1. The molecule has 8 heteroatoms. The van der Waals surface area contributed by atoms with E-state index in [9.17, 15) is 13.2 Å². The van der Waals surface area contributed by atoms with Gasteiger partial charge >= 0.3 is 5.97 Å².